The van der Waals surface area contributed by atoms with Gasteiger partial charge in [0.2, 0.25) is 0 Å². The molecular weight excluding hydrogens is 488 g/mol. The average molecular weight is 519 g/mol. The van der Waals surface area contributed by atoms with E-state index in [1.165, 1.54) is 5.56 Å². The van der Waals surface area contributed by atoms with Crippen molar-refractivity contribution in [2.24, 2.45) is 0 Å². The number of hydrogen-bond donors (Lipinski definition) is 3. The van der Waals surface area contributed by atoms with Crippen LogP contribution in [0.25, 0.3) is 16.9 Å². The minimum atomic E-state index is -0.173. The molecule has 0 bridgehead atoms. The summed E-state index contributed by atoms with van der Waals surface area (Å²) in [6.07, 6.45) is 5.46. The molecule has 3 aromatic carbocycles. The van der Waals surface area contributed by atoms with Crippen LogP contribution in [0.3, 0.4) is 0 Å². The van der Waals surface area contributed by atoms with Crippen LogP contribution in [0.15, 0.2) is 91.4 Å². The third kappa shape index (κ3) is 5.65. The molecule has 0 fully saturated rings. The molecule has 3 N–H and O–H groups in total. The van der Waals surface area contributed by atoms with Crippen molar-refractivity contribution in [1.82, 2.24) is 19.7 Å². The molecule has 0 radical (unpaired) electrons. The average Bonchev–Trinajstić information content (AvgIpc) is 3.42. The van der Waals surface area contributed by atoms with Gasteiger partial charge in [-0.25, -0.2) is 9.97 Å². The SMILES string of the molecule is CNC(=O)c1ccc(Nc2nc(-c3cccc(NC(=O)c4ccc(C(C)(C)C)cc4)c3)cn3ccnc23)cc1. The first-order chi connectivity index (χ1) is 18.7. The minimum absolute atomic E-state index is 0.0232. The summed E-state index contributed by atoms with van der Waals surface area (Å²) in [6.45, 7) is 6.44. The van der Waals surface area contributed by atoms with Gasteiger partial charge < -0.3 is 20.4 Å². The number of aromatic nitrogens is 3. The van der Waals surface area contributed by atoms with Crippen molar-refractivity contribution in [2.45, 2.75) is 26.2 Å². The highest BCUT2D eigenvalue weighted by Crippen LogP contribution is 2.27. The van der Waals surface area contributed by atoms with Crippen molar-refractivity contribution in [2.75, 3.05) is 17.7 Å². The van der Waals surface area contributed by atoms with Gasteiger partial charge >= 0.3 is 0 Å². The van der Waals surface area contributed by atoms with Crippen LogP contribution in [-0.4, -0.2) is 33.2 Å². The quantitative estimate of drug-likeness (QED) is 0.254. The maximum atomic E-state index is 12.9. The van der Waals surface area contributed by atoms with Crippen LogP contribution >= 0.6 is 0 Å². The minimum Gasteiger partial charge on any atom is -0.355 e. The van der Waals surface area contributed by atoms with Gasteiger partial charge in [-0.2, -0.15) is 0 Å². The van der Waals surface area contributed by atoms with Crippen molar-refractivity contribution in [1.29, 1.82) is 0 Å². The molecule has 2 aromatic heterocycles. The van der Waals surface area contributed by atoms with Crippen molar-refractivity contribution >= 4 is 34.7 Å². The number of hydrogen-bond acceptors (Lipinski definition) is 5. The van der Waals surface area contributed by atoms with Gasteiger partial charge in [0.15, 0.2) is 11.5 Å². The molecule has 0 aliphatic rings. The molecule has 0 spiro atoms. The van der Waals surface area contributed by atoms with E-state index in [0.717, 1.165) is 11.3 Å². The summed E-state index contributed by atoms with van der Waals surface area (Å²) < 4.78 is 1.89. The third-order valence-electron chi connectivity index (χ3n) is 6.44. The molecule has 5 aromatic rings. The predicted octanol–water partition coefficient (Wildman–Crippen LogP) is 6.05. The summed E-state index contributed by atoms with van der Waals surface area (Å²) in [4.78, 5) is 34.1. The number of amides is 2. The molecule has 39 heavy (non-hydrogen) atoms. The van der Waals surface area contributed by atoms with E-state index in [2.05, 4.69) is 41.7 Å². The molecule has 0 atom stereocenters. The lowest BCUT2D eigenvalue weighted by Gasteiger charge is -2.19. The Kier molecular flexibility index (Phi) is 6.85. The molecule has 0 saturated heterocycles. The van der Waals surface area contributed by atoms with E-state index in [1.54, 1.807) is 25.4 Å². The van der Waals surface area contributed by atoms with Gasteiger partial charge in [0.25, 0.3) is 11.8 Å². The Balaban J connectivity index is 1.39. The Bertz CT molecular complexity index is 1650. The van der Waals surface area contributed by atoms with Crippen molar-refractivity contribution in [3.8, 4) is 11.3 Å². The Morgan fingerprint density at radius 2 is 1.54 bits per heavy atom. The molecule has 0 saturated carbocycles. The molecular formula is C31H30N6O2. The lowest BCUT2D eigenvalue weighted by Crippen LogP contribution is -2.17. The lowest BCUT2D eigenvalue weighted by atomic mass is 9.87. The van der Waals surface area contributed by atoms with Gasteiger partial charge in [0.1, 0.15) is 0 Å². The zero-order valence-electron chi connectivity index (χ0n) is 22.3. The van der Waals surface area contributed by atoms with Gasteiger partial charge in [-0.15, -0.1) is 0 Å². The first-order valence-corrected chi connectivity index (χ1v) is 12.7. The molecule has 2 amide bonds. The Labute approximate surface area is 227 Å². The first kappa shape index (κ1) is 25.7. The smallest absolute Gasteiger partial charge is 0.255 e. The fourth-order valence-electron chi connectivity index (χ4n) is 4.22. The van der Waals surface area contributed by atoms with E-state index in [0.29, 0.717) is 34.0 Å². The van der Waals surface area contributed by atoms with Crippen LogP contribution in [0.1, 0.15) is 47.1 Å². The monoisotopic (exact) mass is 518 g/mol. The van der Waals surface area contributed by atoms with E-state index in [-0.39, 0.29) is 17.2 Å². The summed E-state index contributed by atoms with van der Waals surface area (Å²) in [7, 11) is 1.60. The van der Waals surface area contributed by atoms with E-state index >= 15 is 0 Å². The largest absolute Gasteiger partial charge is 0.355 e. The van der Waals surface area contributed by atoms with Crippen LogP contribution in [0.2, 0.25) is 0 Å². The maximum absolute atomic E-state index is 12.9. The van der Waals surface area contributed by atoms with Crippen molar-refractivity contribution < 1.29 is 9.59 Å². The second-order valence-electron chi connectivity index (χ2n) is 10.3. The molecule has 0 unspecified atom stereocenters. The summed E-state index contributed by atoms with van der Waals surface area (Å²) in [5.41, 5.74) is 6.02. The highest BCUT2D eigenvalue weighted by Gasteiger charge is 2.15. The number of imidazole rings is 1. The third-order valence-corrected chi connectivity index (χ3v) is 6.44. The van der Waals surface area contributed by atoms with Gasteiger partial charge in [-0.3, -0.25) is 9.59 Å². The summed E-state index contributed by atoms with van der Waals surface area (Å²) in [6, 6.07) is 22.4. The normalized spacial score (nSPS) is 11.3. The van der Waals surface area contributed by atoms with E-state index in [4.69, 9.17) is 4.98 Å². The topological polar surface area (TPSA) is 100 Å². The highest BCUT2D eigenvalue weighted by molar-refractivity contribution is 6.04. The molecule has 5 rings (SSSR count). The lowest BCUT2D eigenvalue weighted by molar-refractivity contribution is 0.0962. The van der Waals surface area contributed by atoms with Crippen LogP contribution in [-0.2, 0) is 5.41 Å². The molecule has 8 nitrogen and oxygen atoms in total. The van der Waals surface area contributed by atoms with Crippen LogP contribution in [0.4, 0.5) is 17.2 Å². The van der Waals surface area contributed by atoms with Crippen LogP contribution in [0.5, 0.6) is 0 Å². The molecule has 2 heterocycles. The van der Waals surface area contributed by atoms with E-state index < -0.39 is 0 Å². The van der Waals surface area contributed by atoms with Gasteiger partial charge in [-0.1, -0.05) is 45.0 Å². The summed E-state index contributed by atoms with van der Waals surface area (Å²) in [5.74, 6) is 0.248. The Morgan fingerprint density at radius 1 is 0.846 bits per heavy atom. The number of benzene rings is 3. The van der Waals surface area contributed by atoms with E-state index in [1.807, 2.05) is 77.5 Å². The predicted molar refractivity (Wildman–Crippen MR) is 155 cm³/mol. The first-order valence-electron chi connectivity index (χ1n) is 12.7. The van der Waals surface area contributed by atoms with Crippen molar-refractivity contribution in [3.63, 3.8) is 0 Å². The van der Waals surface area contributed by atoms with Crippen LogP contribution in [0, 0.1) is 0 Å². The number of anilines is 3. The Morgan fingerprint density at radius 3 is 2.23 bits per heavy atom. The van der Waals surface area contributed by atoms with E-state index in [9.17, 15) is 9.59 Å². The van der Waals surface area contributed by atoms with Gasteiger partial charge in [0, 0.05) is 53.7 Å². The molecule has 0 aliphatic carbocycles. The fourth-order valence-corrected chi connectivity index (χ4v) is 4.22. The number of rotatable bonds is 6. The maximum Gasteiger partial charge on any atom is 0.255 e. The highest BCUT2D eigenvalue weighted by atomic mass is 16.2. The number of nitrogens with zero attached hydrogens (tertiary/aromatic N) is 3. The Hall–Kier alpha value is -4.98. The van der Waals surface area contributed by atoms with Gasteiger partial charge in [0.05, 0.1) is 5.69 Å². The summed E-state index contributed by atoms with van der Waals surface area (Å²) in [5, 5.41) is 8.93. The van der Waals surface area contributed by atoms with Crippen LogP contribution < -0.4 is 16.0 Å². The number of fused-ring (bicyclic) bond motifs is 1. The zero-order valence-corrected chi connectivity index (χ0v) is 22.3. The van der Waals surface area contributed by atoms with Crippen molar-refractivity contribution in [3.05, 3.63) is 108 Å². The number of carbonyl (C=O) groups is 2. The molecule has 196 valence electrons. The number of nitrogens with one attached hydrogen (secondary N) is 3. The fraction of sp³-hybridized carbons (Fsp3) is 0.161. The number of carbonyl (C=O) groups excluding carboxylic acids is 2. The van der Waals surface area contributed by atoms with Gasteiger partial charge in [-0.05, 0) is 59.5 Å². The molecule has 8 heteroatoms. The second-order valence-corrected chi connectivity index (χ2v) is 10.3. The standard InChI is InChI=1S/C31H30N6O2/c1-31(2,3)23-12-8-21(9-13-23)30(39)35-25-7-5-6-22(18-25)26-19-37-17-16-33-28(37)27(36-26)34-24-14-10-20(11-15-24)29(38)32-4/h5-19H,1-4H3,(H,32,38)(H,34,36)(H,35,39). The molecule has 0 aliphatic heterocycles. The zero-order chi connectivity index (χ0) is 27.6. The summed E-state index contributed by atoms with van der Waals surface area (Å²) >= 11 is 0. The second kappa shape index (κ2) is 10.4.